The highest BCUT2D eigenvalue weighted by Crippen LogP contribution is 2.10. The van der Waals surface area contributed by atoms with Crippen molar-refractivity contribution < 1.29 is 19.4 Å². The molecule has 0 saturated carbocycles. The van der Waals surface area contributed by atoms with Gasteiger partial charge in [-0.3, -0.25) is 4.79 Å². The Kier molecular flexibility index (Phi) is 4.14. The van der Waals surface area contributed by atoms with Crippen LogP contribution in [0.4, 0.5) is 0 Å². The first kappa shape index (κ1) is 10.4. The molecule has 1 fully saturated rings. The van der Waals surface area contributed by atoms with Gasteiger partial charge in [0.1, 0.15) is 6.04 Å². The fourth-order valence-electron chi connectivity index (χ4n) is 1.15. The second-order valence-electron chi connectivity index (χ2n) is 3.09. The van der Waals surface area contributed by atoms with Crippen LogP contribution in [0, 0.1) is 0 Å². The fraction of sp³-hybridized carbons (Fsp3) is 0.875. The Bertz CT molecular complexity index is 168. The van der Waals surface area contributed by atoms with Crippen LogP contribution in [0.3, 0.4) is 0 Å². The minimum Gasteiger partial charge on any atom is -0.480 e. The quantitative estimate of drug-likeness (QED) is 0.628. The molecule has 0 aromatic rings. The van der Waals surface area contributed by atoms with Gasteiger partial charge in [-0.05, 0) is 12.8 Å². The van der Waals surface area contributed by atoms with E-state index in [-0.39, 0.29) is 12.7 Å². The predicted molar refractivity (Wildman–Crippen MR) is 45.4 cm³/mol. The minimum absolute atomic E-state index is 0.0833. The Morgan fingerprint density at radius 1 is 1.62 bits per heavy atom. The lowest BCUT2D eigenvalue weighted by Crippen LogP contribution is -2.37. The van der Waals surface area contributed by atoms with E-state index in [1.165, 1.54) is 0 Å². The third kappa shape index (κ3) is 3.71. The lowest BCUT2D eigenvalue weighted by atomic mass is 10.1. The van der Waals surface area contributed by atoms with E-state index >= 15 is 0 Å². The normalized spacial score (nSPS) is 21.3. The summed E-state index contributed by atoms with van der Waals surface area (Å²) in [5, 5.41) is 8.48. The summed E-state index contributed by atoms with van der Waals surface area (Å²) in [6.45, 7) is 1.46. The van der Waals surface area contributed by atoms with Gasteiger partial charge >= 0.3 is 5.97 Å². The van der Waals surface area contributed by atoms with Gasteiger partial charge in [0.15, 0.2) is 0 Å². The van der Waals surface area contributed by atoms with Gasteiger partial charge in [0, 0.05) is 13.2 Å². The van der Waals surface area contributed by atoms with E-state index in [4.69, 9.17) is 20.3 Å². The molecule has 1 saturated heterocycles. The molecule has 0 aliphatic carbocycles. The number of ether oxygens (including phenoxy) is 2. The van der Waals surface area contributed by atoms with Gasteiger partial charge in [0.05, 0.1) is 12.7 Å². The molecular weight excluding hydrogens is 174 g/mol. The van der Waals surface area contributed by atoms with Crippen LogP contribution in [-0.4, -0.2) is 43.0 Å². The van der Waals surface area contributed by atoms with Crippen molar-refractivity contribution in [2.75, 3.05) is 19.8 Å². The lowest BCUT2D eigenvalue weighted by Gasteiger charge is -2.23. The van der Waals surface area contributed by atoms with E-state index in [1.54, 1.807) is 0 Å². The van der Waals surface area contributed by atoms with Crippen molar-refractivity contribution in [1.82, 2.24) is 0 Å². The van der Waals surface area contributed by atoms with Crippen molar-refractivity contribution in [3.05, 3.63) is 0 Å². The van der Waals surface area contributed by atoms with Gasteiger partial charge in [0.25, 0.3) is 0 Å². The average molecular weight is 189 g/mol. The zero-order valence-corrected chi connectivity index (χ0v) is 7.44. The predicted octanol–water partition coefficient (Wildman–Crippen LogP) is -0.406. The van der Waals surface area contributed by atoms with Crippen LogP contribution in [0.25, 0.3) is 0 Å². The van der Waals surface area contributed by atoms with Crippen LogP contribution in [0.2, 0.25) is 0 Å². The maximum atomic E-state index is 10.3. The number of hydrogen-bond donors (Lipinski definition) is 2. The van der Waals surface area contributed by atoms with Crippen LogP contribution < -0.4 is 5.73 Å². The Morgan fingerprint density at radius 2 is 2.23 bits per heavy atom. The number of carbonyl (C=O) groups is 1. The Hall–Kier alpha value is -0.650. The molecule has 5 heteroatoms. The topological polar surface area (TPSA) is 81.8 Å². The van der Waals surface area contributed by atoms with Gasteiger partial charge in [-0.15, -0.1) is 0 Å². The number of aliphatic carboxylic acids is 1. The summed E-state index contributed by atoms with van der Waals surface area (Å²) in [4.78, 5) is 10.3. The van der Waals surface area contributed by atoms with E-state index < -0.39 is 12.0 Å². The summed E-state index contributed by atoms with van der Waals surface area (Å²) < 4.78 is 10.4. The van der Waals surface area contributed by atoms with Crippen molar-refractivity contribution in [3.8, 4) is 0 Å². The van der Waals surface area contributed by atoms with Gasteiger partial charge in [-0.1, -0.05) is 0 Å². The van der Waals surface area contributed by atoms with Crippen molar-refractivity contribution in [3.63, 3.8) is 0 Å². The van der Waals surface area contributed by atoms with E-state index in [9.17, 15) is 4.79 Å². The molecule has 0 aromatic heterocycles. The van der Waals surface area contributed by atoms with E-state index in [0.717, 1.165) is 12.8 Å². The van der Waals surface area contributed by atoms with Crippen molar-refractivity contribution in [2.45, 2.75) is 25.0 Å². The molecule has 5 nitrogen and oxygen atoms in total. The molecule has 76 valence electrons. The Balaban J connectivity index is 2.13. The molecule has 1 aliphatic rings. The summed E-state index contributed by atoms with van der Waals surface area (Å²) in [6, 6.07) is -0.914. The number of carboxylic acid groups (broad SMARTS) is 1. The highest BCUT2D eigenvalue weighted by molar-refractivity contribution is 5.73. The first-order chi connectivity index (χ1) is 6.20. The molecule has 0 bridgehead atoms. The van der Waals surface area contributed by atoms with Gasteiger partial charge in [-0.2, -0.15) is 0 Å². The molecule has 1 atom stereocenters. The van der Waals surface area contributed by atoms with Crippen LogP contribution in [-0.2, 0) is 14.3 Å². The SMILES string of the molecule is NC(COC1CCOCC1)C(=O)O. The number of nitrogens with two attached hydrogens (primary N) is 1. The molecule has 1 rings (SSSR count). The van der Waals surface area contributed by atoms with E-state index in [1.807, 2.05) is 0 Å². The molecule has 0 radical (unpaired) electrons. The zero-order chi connectivity index (χ0) is 9.68. The molecule has 3 N–H and O–H groups in total. The highest BCUT2D eigenvalue weighted by Gasteiger charge is 2.17. The number of carboxylic acids is 1. The zero-order valence-electron chi connectivity index (χ0n) is 7.44. The monoisotopic (exact) mass is 189 g/mol. The maximum absolute atomic E-state index is 10.3. The summed E-state index contributed by atoms with van der Waals surface area (Å²) in [7, 11) is 0. The fourth-order valence-corrected chi connectivity index (χ4v) is 1.15. The van der Waals surface area contributed by atoms with Gasteiger partial charge < -0.3 is 20.3 Å². The largest absolute Gasteiger partial charge is 0.480 e. The third-order valence-electron chi connectivity index (χ3n) is 2.00. The second kappa shape index (κ2) is 5.16. The molecule has 0 aromatic carbocycles. The summed E-state index contributed by atoms with van der Waals surface area (Å²) in [5.41, 5.74) is 5.28. The Morgan fingerprint density at radius 3 is 2.77 bits per heavy atom. The molecule has 1 aliphatic heterocycles. The van der Waals surface area contributed by atoms with Crippen LogP contribution in [0.5, 0.6) is 0 Å². The van der Waals surface area contributed by atoms with Crippen molar-refractivity contribution >= 4 is 5.97 Å². The van der Waals surface area contributed by atoms with Crippen molar-refractivity contribution in [2.24, 2.45) is 5.73 Å². The second-order valence-corrected chi connectivity index (χ2v) is 3.09. The molecule has 13 heavy (non-hydrogen) atoms. The Labute approximate surface area is 76.8 Å². The van der Waals surface area contributed by atoms with Crippen molar-refractivity contribution in [1.29, 1.82) is 0 Å². The lowest BCUT2D eigenvalue weighted by molar-refractivity contribution is -0.141. The van der Waals surface area contributed by atoms with Crippen LogP contribution in [0.15, 0.2) is 0 Å². The first-order valence-corrected chi connectivity index (χ1v) is 4.38. The van der Waals surface area contributed by atoms with Crippen LogP contribution >= 0.6 is 0 Å². The van der Waals surface area contributed by atoms with Crippen LogP contribution in [0.1, 0.15) is 12.8 Å². The summed E-state index contributed by atoms with van der Waals surface area (Å²) >= 11 is 0. The number of hydrogen-bond acceptors (Lipinski definition) is 4. The summed E-state index contributed by atoms with van der Waals surface area (Å²) in [5.74, 6) is -1.02. The van der Waals surface area contributed by atoms with Gasteiger partial charge in [0.2, 0.25) is 0 Å². The molecule has 1 unspecified atom stereocenters. The highest BCUT2D eigenvalue weighted by atomic mass is 16.5. The average Bonchev–Trinajstić information content (AvgIpc) is 2.15. The molecule has 0 amide bonds. The summed E-state index contributed by atoms with van der Waals surface area (Å²) in [6.07, 6.45) is 1.76. The van der Waals surface area contributed by atoms with E-state index in [0.29, 0.717) is 13.2 Å². The number of rotatable bonds is 4. The first-order valence-electron chi connectivity index (χ1n) is 4.38. The van der Waals surface area contributed by atoms with Gasteiger partial charge in [-0.25, -0.2) is 0 Å². The standard InChI is InChI=1S/C8H15NO4/c9-7(8(10)11)5-13-6-1-3-12-4-2-6/h6-7H,1-5,9H2,(H,10,11). The molecule has 1 heterocycles. The van der Waals surface area contributed by atoms with E-state index in [2.05, 4.69) is 0 Å². The maximum Gasteiger partial charge on any atom is 0.322 e. The molecule has 0 spiro atoms. The minimum atomic E-state index is -1.02. The third-order valence-corrected chi connectivity index (χ3v) is 2.00. The molecular formula is C8H15NO4. The smallest absolute Gasteiger partial charge is 0.322 e.